The lowest BCUT2D eigenvalue weighted by Crippen LogP contribution is -1.98. The zero-order valence-corrected chi connectivity index (χ0v) is 7.66. The molecule has 1 heterocycles. The molecular formula is C6H5ClFNO2S. The van der Waals surface area contributed by atoms with Crippen molar-refractivity contribution < 1.29 is 12.8 Å². The quantitative estimate of drug-likeness (QED) is 0.520. The lowest BCUT2D eigenvalue weighted by molar-refractivity contribution is 0.540. The summed E-state index contributed by atoms with van der Waals surface area (Å²) in [6.45, 7) is 1.55. The van der Waals surface area contributed by atoms with Crippen LogP contribution >= 0.6 is 10.7 Å². The average Bonchev–Trinajstić information content (AvgIpc) is 1.83. The molecule has 0 saturated heterocycles. The lowest BCUT2D eigenvalue weighted by atomic mass is 10.4. The second-order valence-electron chi connectivity index (χ2n) is 2.18. The van der Waals surface area contributed by atoms with Gasteiger partial charge in [-0.1, -0.05) is 0 Å². The van der Waals surface area contributed by atoms with Crippen molar-refractivity contribution in [2.24, 2.45) is 0 Å². The molecule has 0 N–H and O–H groups in total. The van der Waals surface area contributed by atoms with Gasteiger partial charge in [-0.2, -0.15) is 4.39 Å². The van der Waals surface area contributed by atoms with E-state index in [1.165, 1.54) is 6.07 Å². The van der Waals surface area contributed by atoms with E-state index in [2.05, 4.69) is 4.98 Å². The van der Waals surface area contributed by atoms with Crippen LogP contribution in [0.4, 0.5) is 4.39 Å². The Kier molecular flexibility index (Phi) is 2.34. The van der Waals surface area contributed by atoms with E-state index in [0.717, 1.165) is 6.07 Å². The van der Waals surface area contributed by atoms with Gasteiger partial charge in [0.2, 0.25) is 5.95 Å². The number of pyridine rings is 1. The van der Waals surface area contributed by atoms with Gasteiger partial charge in [0.1, 0.15) is 4.90 Å². The van der Waals surface area contributed by atoms with Crippen molar-refractivity contribution in [3.05, 3.63) is 23.8 Å². The highest BCUT2D eigenvalue weighted by molar-refractivity contribution is 8.13. The highest BCUT2D eigenvalue weighted by Gasteiger charge is 2.16. The molecular weight excluding hydrogens is 205 g/mol. The van der Waals surface area contributed by atoms with Crippen molar-refractivity contribution in [1.82, 2.24) is 4.98 Å². The molecule has 0 bridgehead atoms. The molecule has 12 heavy (non-hydrogen) atoms. The molecule has 0 amide bonds. The molecule has 1 aromatic heterocycles. The van der Waals surface area contributed by atoms with Gasteiger partial charge in [-0.25, -0.2) is 13.4 Å². The Morgan fingerprint density at radius 1 is 1.50 bits per heavy atom. The molecule has 0 saturated carbocycles. The van der Waals surface area contributed by atoms with Crippen LogP contribution in [0.25, 0.3) is 0 Å². The van der Waals surface area contributed by atoms with Gasteiger partial charge in [-0.15, -0.1) is 0 Å². The largest absolute Gasteiger partial charge is 0.265 e. The van der Waals surface area contributed by atoms with Crippen molar-refractivity contribution in [2.45, 2.75) is 11.8 Å². The summed E-state index contributed by atoms with van der Waals surface area (Å²) in [4.78, 5) is 2.72. The first-order valence-electron chi connectivity index (χ1n) is 2.99. The third kappa shape index (κ3) is 1.92. The first kappa shape index (κ1) is 9.41. The molecule has 0 aromatic carbocycles. The van der Waals surface area contributed by atoms with Crippen LogP contribution < -0.4 is 0 Å². The summed E-state index contributed by atoms with van der Waals surface area (Å²) in [6.07, 6.45) is 0. The minimum atomic E-state index is -4.02. The molecule has 0 fully saturated rings. The Morgan fingerprint density at radius 3 is 2.50 bits per heavy atom. The summed E-state index contributed by atoms with van der Waals surface area (Å²) < 4.78 is 34.1. The summed E-state index contributed by atoms with van der Waals surface area (Å²) in [5.74, 6) is -1.06. The number of halogens is 2. The fraction of sp³-hybridized carbons (Fsp3) is 0.167. The smallest absolute Gasteiger partial charge is 0.224 e. The Balaban J connectivity index is 3.39. The first-order valence-corrected chi connectivity index (χ1v) is 5.30. The molecule has 6 heteroatoms. The molecule has 0 radical (unpaired) electrons. The van der Waals surface area contributed by atoms with Crippen LogP contribution in [-0.4, -0.2) is 13.4 Å². The number of aromatic nitrogens is 1. The van der Waals surface area contributed by atoms with E-state index >= 15 is 0 Å². The van der Waals surface area contributed by atoms with E-state index in [9.17, 15) is 12.8 Å². The van der Waals surface area contributed by atoms with E-state index in [4.69, 9.17) is 10.7 Å². The van der Waals surface area contributed by atoms with Crippen LogP contribution in [0.5, 0.6) is 0 Å². The summed E-state index contributed by atoms with van der Waals surface area (Å²) in [5.41, 5.74) is 0.400. The normalized spacial score (nSPS) is 11.6. The molecule has 1 aromatic rings. The molecule has 66 valence electrons. The van der Waals surface area contributed by atoms with Crippen LogP contribution in [0.15, 0.2) is 17.0 Å². The topological polar surface area (TPSA) is 47.0 Å². The minimum Gasteiger partial charge on any atom is -0.224 e. The van der Waals surface area contributed by atoms with Gasteiger partial charge in [0.25, 0.3) is 9.05 Å². The van der Waals surface area contributed by atoms with Crippen LogP contribution in [0.1, 0.15) is 5.69 Å². The molecule has 0 atom stereocenters. The Morgan fingerprint density at radius 2 is 2.08 bits per heavy atom. The molecule has 1 rings (SSSR count). The van der Waals surface area contributed by atoms with Gasteiger partial charge < -0.3 is 0 Å². The minimum absolute atomic E-state index is 0.400. The van der Waals surface area contributed by atoms with E-state index < -0.39 is 19.9 Å². The maximum Gasteiger partial charge on any atom is 0.265 e. The second-order valence-corrected chi connectivity index (χ2v) is 4.71. The van der Waals surface area contributed by atoms with Crippen molar-refractivity contribution in [1.29, 1.82) is 0 Å². The zero-order chi connectivity index (χ0) is 9.35. The standard InChI is InChI=1S/C6H5ClFNO2S/c1-4-2-3-5(6(8)9-4)12(7,10)11/h2-3H,1H3. The second kappa shape index (κ2) is 2.99. The fourth-order valence-corrected chi connectivity index (χ4v) is 1.52. The Labute approximate surface area is 73.6 Å². The number of rotatable bonds is 1. The van der Waals surface area contributed by atoms with E-state index in [0.29, 0.717) is 5.69 Å². The predicted molar refractivity (Wildman–Crippen MR) is 42.0 cm³/mol. The molecule has 0 spiro atoms. The van der Waals surface area contributed by atoms with Crippen LogP contribution in [0.3, 0.4) is 0 Å². The monoisotopic (exact) mass is 209 g/mol. The highest BCUT2D eigenvalue weighted by atomic mass is 35.7. The maximum absolute atomic E-state index is 12.8. The number of nitrogens with zero attached hydrogens (tertiary/aromatic N) is 1. The van der Waals surface area contributed by atoms with Gasteiger partial charge >= 0.3 is 0 Å². The van der Waals surface area contributed by atoms with Gasteiger partial charge in [0.05, 0.1) is 0 Å². The fourth-order valence-electron chi connectivity index (χ4n) is 0.694. The van der Waals surface area contributed by atoms with E-state index in [1.807, 2.05) is 0 Å². The third-order valence-corrected chi connectivity index (χ3v) is 2.55. The first-order chi connectivity index (χ1) is 5.41. The Hall–Kier alpha value is -0.680. The highest BCUT2D eigenvalue weighted by Crippen LogP contribution is 2.16. The summed E-state index contributed by atoms with van der Waals surface area (Å²) >= 11 is 0. The van der Waals surface area contributed by atoms with Gasteiger partial charge in [0, 0.05) is 16.4 Å². The number of aryl methyl sites for hydroxylation is 1. The SMILES string of the molecule is Cc1ccc(S(=O)(=O)Cl)c(F)n1. The summed E-state index contributed by atoms with van der Waals surface area (Å²) in [6, 6.07) is 2.46. The summed E-state index contributed by atoms with van der Waals surface area (Å²) in [5, 5.41) is 0. The van der Waals surface area contributed by atoms with E-state index in [1.54, 1.807) is 6.92 Å². The van der Waals surface area contributed by atoms with Crippen LogP contribution in [0, 0.1) is 12.9 Å². The van der Waals surface area contributed by atoms with Crippen LogP contribution in [0.2, 0.25) is 0 Å². The number of hydrogen-bond donors (Lipinski definition) is 0. The lowest BCUT2D eigenvalue weighted by Gasteiger charge is -1.97. The average molecular weight is 210 g/mol. The molecule has 0 unspecified atom stereocenters. The third-order valence-electron chi connectivity index (χ3n) is 1.22. The zero-order valence-electron chi connectivity index (χ0n) is 6.08. The number of hydrogen-bond acceptors (Lipinski definition) is 3. The van der Waals surface area contributed by atoms with E-state index in [-0.39, 0.29) is 0 Å². The van der Waals surface area contributed by atoms with Crippen molar-refractivity contribution in [3.63, 3.8) is 0 Å². The van der Waals surface area contributed by atoms with Crippen molar-refractivity contribution in [3.8, 4) is 0 Å². The van der Waals surface area contributed by atoms with Gasteiger partial charge in [0.15, 0.2) is 0 Å². The van der Waals surface area contributed by atoms with Crippen molar-refractivity contribution >= 4 is 19.7 Å². The predicted octanol–water partition coefficient (Wildman–Crippen LogP) is 1.46. The molecule has 3 nitrogen and oxygen atoms in total. The van der Waals surface area contributed by atoms with Crippen molar-refractivity contribution in [2.75, 3.05) is 0 Å². The maximum atomic E-state index is 12.8. The van der Waals surface area contributed by atoms with Gasteiger partial charge in [-0.3, -0.25) is 0 Å². The van der Waals surface area contributed by atoms with Crippen LogP contribution in [-0.2, 0) is 9.05 Å². The van der Waals surface area contributed by atoms with Gasteiger partial charge in [-0.05, 0) is 19.1 Å². The summed E-state index contributed by atoms with van der Waals surface area (Å²) in [7, 11) is 0.893. The Bertz CT molecular complexity index is 404. The molecule has 0 aliphatic carbocycles. The molecule has 0 aliphatic heterocycles. The molecule has 0 aliphatic rings.